The van der Waals surface area contributed by atoms with E-state index in [-0.39, 0.29) is 5.54 Å². The van der Waals surface area contributed by atoms with Crippen LogP contribution in [-0.2, 0) is 6.42 Å². The van der Waals surface area contributed by atoms with E-state index in [1.54, 1.807) is 0 Å². The Kier molecular flexibility index (Phi) is 8.28. The third kappa shape index (κ3) is 8.25. The number of nitrogens with zero attached hydrogens (tertiary/aromatic N) is 1. The fourth-order valence-electron chi connectivity index (χ4n) is 1.96. The average Bonchev–Trinajstić information content (AvgIpc) is 2.44. The summed E-state index contributed by atoms with van der Waals surface area (Å²) in [6.45, 7) is 11.8. The number of halogens is 1. The van der Waals surface area contributed by atoms with Gasteiger partial charge in [-0.15, -0.1) is 0 Å². The van der Waals surface area contributed by atoms with Crippen LogP contribution >= 0.6 is 11.6 Å². The van der Waals surface area contributed by atoms with Gasteiger partial charge in [0.2, 0.25) is 0 Å². The van der Waals surface area contributed by atoms with E-state index in [2.05, 4.69) is 54.7 Å². The molecule has 3 N–H and O–H groups in total. The highest BCUT2D eigenvalue weighted by Crippen LogP contribution is 2.14. The summed E-state index contributed by atoms with van der Waals surface area (Å²) in [4.78, 5) is 4.57. The van der Waals surface area contributed by atoms with Crippen LogP contribution in [0.15, 0.2) is 29.3 Å². The summed E-state index contributed by atoms with van der Waals surface area (Å²) in [5.74, 6) is 0.852. The summed E-state index contributed by atoms with van der Waals surface area (Å²) >= 11 is 6.16. The molecule has 1 rings (SSSR count). The fraction of sp³-hybridized carbons (Fsp3) is 0.588. The van der Waals surface area contributed by atoms with Gasteiger partial charge in [0, 0.05) is 30.2 Å². The SMILES string of the molecule is CCNC(=NCCNC(C)(C)C)NCCc1ccccc1Cl. The molecular formula is C17H29ClN4. The Morgan fingerprint density at radius 3 is 2.50 bits per heavy atom. The molecule has 0 spiro atoms. The van der Waals surface area contributed by atoms with Crippen LogP contribution in [0, 0.1) is 0 Å². The third-order valence-corrected chi connectivity index (χ3v) is 3.39. The highest BCUT2D eigenvalue weighted by atomic mass is 35.5. The molecule has 0 aliphatic heterocycles. The van der Waals surface area contributed by atoms with E-state index in [1.165, 1.54) is 0 Å². The van der Waals surface area contributed by atoms with Crippen molar-refractivity contribution in [3.8, 4) is 0 Å². The lowest BCUT2D eigenvalue weighted by Crippen LogP contribution is -2.40. The van der Waals surface area contributed by atoms with Crippen LogP contribution in [0.5, 0.6) is 0 Å². The van der Waals surface area contributed by atoms with Crippen LogP contribution in [0.25, 0.3) is 0 Å². The highest BCUT2D eigenvalue weighted by Gasteiger charge is 2.07. The monoisotopic (exact) mass is 324 g/mol. The first-order valence-electron chi connectivity index (χ1n) is 7.93. The minimum atomic E-state index is 0.130. The maximum absolute atomic E-state index is 6.16. The predicted molar refractivity (Wildman–Crippen MR) is 96.9 cm³/mol. The van der Waals surface area contributed by atoms with Gasteiger partial charge in [-0.05, 0) is 45.7 Å². The first-order valence-corrected chi connectivity index (χ1v) is 8.31. The Bertz CT molecular complexity index is 466. The van der Waals surface area contributed by atoms with Gasteiger partial charge in [0.25, 0.3) is 0 Å². The Balaban J connectivity index is 2.38. The summed E-state index contributed by atoms with van der Waals surface area (Å²) in [5, 5.41) is 10.9. The predicted octanol–water partition coefficient (Wildman–Crippen LogP) is 2.83. The Morgan fingerprint density at radius 2 is 1.86 bits per heavy atom. The van der Waals surface area contributed by atoms with Crippen LogP contribution in [0.3, 0.4) is 0 Å². The quantitative estimate of drug-likeness (QED) is 0.410. The fourth-order valence-corrected chi connectivity index (χ4v) is 2.19. The first-order chi connectivity index (χ1) is 10.4. The number of benzene rings is 1. The van der Waals surface area contributed by atoms with Crippen molar-refractivity contribution in [2.45, 2.75) is 39.7 Å². The molecule has 0 saturated heterocycles. The lowest BCUT2D eigenvalue weighted by Gasteiger charge is -2.20. The van der Waals surface area contributed by atoms with Crippen LogP contribution in [0.1, 0.15) is 33.3 Å². The van der Waals surface area contributed by atoms with Crippen molar-refractivity contribution in [2.75, 3.05) is 26.2 Å². The molecule has 1 aromatic carbocycles. The minimum Gasteiger partial charge on any atom is -0.357 e. The van der Waals surface area contributed by atoms with E-state index < -0.39 is 0 Å². The smallest absolute Gasteiger partial charge is 0.191 e. The molecule has 22 heavy (non-hydrogen) atoms. The van der Waals surface area contributed by atoms with E-state index in [1.807, 2.05) is 18.2 Å². The van der Waals surface area contributed by atoms with Gasteiger partial charge < -0.3 is 16.0 Å². The maximum atomic E-state index is 6.16. The summed E-state index contributed by atoms with van der Waals surface area (Å²) < 4.78 is 0. The van der Waals surface area contributed by atoms with Crippen LogP contribution in [0.2, 0.25) is 5.02 Å². The van der Waals surface area contributed by atoms with Gasteiger partial charge >= 0.3 is 0 Å². The van der Waals surface area contributed by atoms with Crippen LogP contribution < -0.4 is 16.0 Å². The number of guanidine groups is 1. The van der Waals surface area contributed by atoms with E-state index in [0.29, 0.717) is 0 Å². The second-order valence-electron chi connectivity index (χ2n) is 6.21. The zero-order chi connectivity index (χ0) is 16.4. The van der Waals surface area contributed by atoms with Gasteiger partial charge in [0.05, 0.1) is 6.54 Å². The number of hydrogen-bond donors (Lipinski definition) is 3. The van der Waals surface area contributed by atoms with Crippen molar-refractivity contribution < 1.29 is 0 Å². The van der Waals surface area contributed by atoms with Crippen molar-refractivity contribution in [1.82, 2.24) is 16.0 Å². The molecule has 0 heterocycles. The minimum absolute atomic E-state index is 0.130. The second-order valence-corrected chi connectivity index (χ2v) is 6.61. The molecular weight excluding hydrogens is 296 g/mol. The van der Waals surface area contributed by atoms with Gasteiger partial charge in [0.1, 0.15) is 0 Å². The Hall–Kier alpha value is -1.26. The standard InChI is InChI=1S/C17H29ClN4/c1-5-19-16(21-12-13-22-17(2,3)4)20-11-10-14-8-6-7-9-15(14)18/h6-9,22H,5,10-13H2,1-4H3,(H2,19,20,21). The number of hydrogen-bond acceptors (Lipinski definition) is 2. The number of rotatable bonds is 7. The molecule has 0 aromatic heterocycles. The van der Waals surface area contributed by atoms with Crippen molar-refractivity contribution in [3.63, 3.8) is 0 Å². The largest absolute Gasteiger partial charge is 0.357 e. The number of nitrogens with one attached hydrogen (secondary N) is 3. The van der Waals surface area contributed by atoms with E-state index in [0.717, 1.165) is 49.1 Å². The molecule has 0 radical (unpaired) electrons. The zero-order valence-corrected chi connectivity index (χ0v) is 14.9. The molecule has 5 heteroatoms. The van der Waals surface area contributed by atoms with Gasteiger partial charge in [-0.25, -0.2) is 0 Å². The third-order valence-electron chi connectivity index (χ3n) is 3.03. The Labute approximate surface area is 139 Å². The molecule has 0 bridgehead atoms. The molecule has 0 aliphatic carbocycles. The van der Waals surface area contributed by atoms with Gasteiger partial charge in [-0.1, -0.05) is 29.8 Å². The van der Waals surface area contributed by atoms with Gasteiger partial charge in [-0.3, -0.25) is 4.99 Å². The maximum Gasteiger partial charge on any atom is 0.191 e. The van der Waals surface area contributed by atoms with Crippen molar-refractivity contribution in [3.05, 3.63) is 34.9 Å². The molecule has 0 saturated carbocycles. The second kappa shape index (κ2) is 9.70. The van der Waals surface area contributed by atoms with E-state index in [4.69, 9.17) is 11.6 Å². The molecule has 0 amide bonds. The molecule has 0 unspecified atom stereocenters. The van der Waals surface area contributed by atoms with Gasteiger partial charge in [0.15, 0.2) is 5.96 Å². The summed E-state index contributed by atoms with van der Waals surface area (Å²) in [6, 6.07) is 7.95. The lowest BCUT2D eigenvalue weighted by molar-refractivity contribution is 0.432. The van der Waals surface area contributed by atoms with Crippen molar-refractivity contribution in [2.24, 2.45) is 4.99 Å². The topological polar surface area (TPSA) is 48.5 Å². The van der Waals surface area contributed by atoms with E-state index >= 15 is 0 Å². The molecule has 0 aliphatic rings. The van der Waals surface area contributed by atoms with E-state index in [9.17, 15) is 0 Å². The molecule has 1 aromatic rings. The summed E-state index contributed by atoms with van der Waals surface area (Å²) in [7, 11) is 0. The molecule has 0 atom stereocenters. The summed E-state index contributed by atoms with van der Waals surface area (Å²) in [6.07, 6.45) is 0.879. The van der Waals surface area contributed by atoms with Crippen molar-refractivity contribution in [1.29, 1.82) is 0 Å². The normalized spacial score (nSPS) is 12.3. The average molecular weight is 325 g/mol. The highest BCUT2D eigenvalue weighted by molar-refractivity contribution is 6.31. The van der Waals surface area contributed by atoms with Crippen LogP contribution in [-0.4, -0.2) is 37.7 Å². The Morgan fingerprint density at radius 1 is 1.14 bits per heavy atom. The molecule has 4 nitrogen and oxygen atoms in total. The lowest BCUT2D eigenvalue weighted by atomic mass is 10.1. The van der Waals surface area contributed by atoms with Gasteiger partial charge in [-0.2, -0.15) is 0 Å². The molecule has 0 fully saturated rings. The van der Waals surface area contributed by atoms with Crippen LogP contribution in [0.4, 0.5) is 0 Å². The zero-order valence-electron chi connectivity index (χ0n) is 14.2. The first kappa shape index (κ1) is 18.8. The number of aliphatic imine (C=N–C) groups is 1. The van der Waals surface area contributed by atoms with Crippen molar-refractivity contribution >= 4 is 17.6 Å². The summed E-state index contributed by atoms with van der Waals surface area (Å²) in [5.41, 5.74) is 1.28. The molecule has 124 valence electrons.